The maximum absolute atomic E-state index is 14.4. The maximum atomic E-state index is 14.4. The molecular weight excluding hydrogens is 585 g/mol. The highest BCUT2D eigenvalue weighted by Crippen LogP contribution is 2.35. The van der Waals surface area contributed by atoms with Crippen molar-refractivity contribution < 1.29 is 33.5 Å². The average Bonchev–Trinajstić information content (AvgIpc) is 3.30. The fraction of sp³-hybridized carbons (Fsp3) is 0.0606. The first-order chi connectivity index (χ1) is 21.2. The van der Waals surface area contributed by atoms with Crippen molar-refractivity contribution in [2.45, 2.75) is 16.6 Å². The summed E-state index contributed by atoms with van der Waals surface area (Å²) in [5, 5.41) is 13.6. The lowest BCUT2D eigenvalue weighted by Gasteiger charge is -2.15. The molecule has 1 heterocycles. The minimum Gasteiger partial charge on any atom is -0.478 e. The number of hydrogen-bond acceptors (Lipinski definition) is 6. The third-order valence-electron chi connectivity index (χ3n) is 6.58. The number of halogens is 1. The van der Waals surface area contributed by atoms with Crippen LogP contribution in [0.5, 0.6) is 0 Å². The Hall–Kier alpha value is -5.55. The molecule has 0 unspecified atom stereocenters. The molecule has 44 heavy (non-hydrogen) atoms. The highest BCUT2D eigenvalue weighted by molar-refractivity contribution is 8.00. The normalized spacial score (nSPS) is 14.8. The first-order valence-electron chi connectivity index (χ1n) is 13.3. The molecule has 3 N–H and O–H groups in total. The maximum Gasteiger partial charge on any atom is 0.335 e. The van der Waals surface area contributed by atoms with Gasteiger partial charge in [0.2, 0.25) is 11.8 Å². The van der Waals surface area contributed by atoms with Crippen LogP contribution in [0.3, 0.4) is 0 Å². The van der Waals surface area contributed by atoms with E-state index in [9.17, 15) is 28.4 Å². The second-order valence-corrected chi connectivity index (χ2v) is 10.9. The highest BCUT2D eigenvalue weighted by atomic mass is 32.2. The molecule has 5 rings (SSSR count). The first kappa shape index (κ1) is 29.9. The molecule has 0 bridgehead atoms. The molecule has 1 aliphatic heterocycles. The van der Waals surface area contributed by atoms with E-state index in [4.69, 9.17) is 5.11 Å². The van der Waals surface area contributed by atoms with Crippen LogP contribution in [0.2, 0.25) is 0 Å². The molecule has 0 radical (unpaired) electrons. The predicted octanol–water partition coefficient (Wildman–Crippen LogP) is 5.36. The Labute approximate surface area is 255 Å². The third kappa shape index (κ3) is 6.90. The van der Waals surface area contributed by atoms with Gasteiger partial charge in [0.1, 0.15) is 11.5 Å². The number of carbonyl (C=O) groups excluding carboxylic acids is 4. The number of rotatable bonds is 9. The Morgan fingerprint density at radius 2 is 1.57 bits per heavy atom. The van der Waals surface area contributed by atoms with Gasteiger partial charge < -0.3 is 15.7 Å². The number of nitrogens with zero attached hydrogens (tertiary/aromatic N) is 1. The van der Waals surface area contributed by atoms with Crippen molar-refractivity contribution in [3.05, 3.63) is 131 Å². The number of nitrogens with one attached hydrogen (secondary N) is 2. The Morgan fingerprint density at radius 3 is 2.27 bits per heavy atom. The number of benzene rings is 4. The number of imide groups is 1. The van der Waals surface area contributed by atoms with Crippen LogP contribution in [0, 0.1) is 5.82 Å². The smallest absolute Gasteiger partial charge is 0.335 e. The van der Waals surface area contributed by atoms with E-state index in [-0.39, 0.29) is 28.9 Å². The fourth-order valence-electron chi connectivity index (χ4n) is 4.42. The molecule has 4 amide bonds. The van der Waals surface area contributed by atoms with Gasteiger partial charge in [0.25, 0.3) is 11.8 Å². The van der Waals surface area contributed by atoms with Crippen molar-refractivity contribution in [3.63, 3.8) is 0 Å². The molecule has 1 saturated heterocycles. The van der Waals surface area contributed by atoms with Gasteiger partial charge in [-0.15, -0.1) is 11.8 Å². The van der Waals surface area contributed by atoms with Crippen molar-refractivity contribution in [1.29, 1.82) is 0 Å². The quantitative estimate of drug-likeness (QED) is 0.172. The number of aromatic carboxylic acids is 1. The van der Waals surface area contributed by atoms with Crippen molar-refractivity contribution in [1.82, 2.24) is 5.32 Å². The van der Waals surface area contributed by atoms with Crippen molar-refractivity contribution in [3.8, 4) is 0 Å². The zero-order valence-corrected chi connectivity index (χ0v) is 23.7. The minimum atomic E-state index is -1.12. The molecule has 0 aromatic heterocycles. The summed E-state index contributed by atoms with van der Waals surface area (Å²) in [6, 6.07) is 26.1. The molecule has 11 heteroatoms. The molecule has 1 atom stereocenters. The zero-order chi connectivity index (χ0) is 31.2. The van der Waals surface area contributed by atoms with Crippen molar-refractivity contribution in [2.75, 3.05) is 10.2 Å². The number of anilines is 2. The van der Waals surface area contributed by atoms with Crippen LogP contribution in [-0.4, -0.2) is 40.0 Å². The summed E-state index contributed by atoms with van der Waals surface area (Å²) >= 11 is 1.14. The number of hydrogen-bond donors (Lipinski definition) is 3. The Bertz CT molecular complexity index is 1790. The van der Waals surface area contributed by atoms with Gasteiger partial charge in [-0.2, -0.15) is 0 Å². The van der Waals surface area contributed by atoms with E-state index in [1.165, 1.54) is 48.5 Å². The highest BCUT2D eigenvalue weighted by Gasteiger charge is 2.40. The monoisotopic (exact) mass is 609 g/mol. The fourth-order valence-corrected chi connectivity index (χ4v) is 5.53. The number of thioether (sulfide) groups is 1. The Kier molecular flexibility index (Phi) is 8.96. The molecule has 1 fully saturated rings. The number of carboxylic acid groups (broad SMARTS) is 1. The SMILES string of the molecule is O=C(Nc1cccc(S[C@H]2CC(=O)N(c3ccc(C(=O)O)cc3)C2=O)c1)/C(=C/c1ccccc1F)NC(=O)c1ccccc1. The Morgan fingerprint density at radius 1 is 0.864 bits per heavy atom. The zero-order valence-electron chi connectivity index (χ0n) is 22.9. The topological polar surface area (TPSA) is 133 Å². The number of carboxylic acids is 1. The van der Waals surface area contributed by atoms with Gasteiger partial charge in [-0.25, -0.2) is 14.1 Å². The van der Waals surface area contributed by atoms with E-state index < -0.39 is 40.7 Å². The van der Waals surface area contributed by atoms with E-state index in [0.717, 1.165) is 16.7 Å². The van der Waals surface area contributed by atoms with Crippen LogP contribution in [-0.2, 0) is 14.4 Å². The predicted molar refractivity (Wildman–Crippen MR) is 164 cm³/mol. The van der Waals surface area contributed by atoms with Gasteiger partial charge >= 0.3 is 5.97 Å². The first-order valence-corrected chi connectivity index (χ1v) is 14.2. The van der Waals surface area contributed by atoms with Crippen LogP contribution < -0.4 is 15.5 Å². The van der Waals surface area contributed by atoms with Crippen LogP contribution in [0.15, 0.2) is 114 Å². The standard InChI is InChI=1S/C33H24FN3O6S/c34-26-12-5-4-9-22(26)17-27(36-30(39)20-7-2-1-3-8-20)31(40)35-23-10-6-11-25(18-23)44-28-19-29(38)37(32(28)41)24-15-13-21(14-16-24)33(42)43/h1-18,28H,19H2,(H,35,40)(H,36,39)(H,42,43)/b27-17-/t28-/m0/s1. The lowest BCUT2D eigenvalue weighted by molar-refractivity contribution is -0.121. The van der Waals surface area contributed by atoms with Gasteiger partial charge in [-0.05, 0) is 66.7 Å². The van der Waals surface area contributed by atoms with Gasteiger partial charge in [-0.3, -0.25) is 19.2 Å². The van der Waals surface area contributed by atoms with Crippen LogP contribution in [0.25, 0.3) is 6.08 Å². The van der Waals surface area contributed by atoms with E-state index in [1.807, 2.05) is 0 Å². The van der Waals surface area contributed by atoms with Crippen LogP contribution >= 0.6 is 11.8 Å². The summed E-state index contributed by atoms with van der Waals surface area (Å²) in [7, 11) is 0. The molecular formula is C33H24FN3O6S. The summed E-state index contributed by atoms with van der Waals surface area (Å²) in [5.74, 6) is -3.83. The van der Waals surface area contributed by atoms with Crippen LogP contribution in [0.4, 0.5) is 15.8 Å². The number of carbonyl (C=O) groups is 5. The summed E-state index contributed by atoms with van der Waals surface area (Å²) in [5.41, 5.74) is 0.863. The van der Waals surface area contributed by atoms with Gasteiger partial charge in [-0.1, -0.05) is 42.5 Å². The molecule has 1 aliphatic rings. The van der Waals surface area contributed by atoms with Crippen molar-refractivity contribution in [2.24, 2.45) is 0 Å². The number of amides is 4. The average molecular weight is 610 g/mol. The molecule has 4 aromatic rings. The lowest BCUT2D eigenvalue weighted by atomic mass is 10.1. The molecule has 9 nitrogen and oxygen atoms in total. The summed E-state index contributed by atoms with van der Waals surface area (Å²) in [6.45, 7) is 0. The summed E-state index contributed by atoms with van der Waals surface area (Å²) < 4.78 is 14.4. The van der Waals surface area contributed by atoms with Crippen LogP contribution in [0.1, 0.15) is 32.7 Å². The second-order valence-electron chi connectivity index (χ2n) is 9.61. The summed E-state index contributed by atoms with van der Waals surface area (Å²) in [6.07, 6.45) is 1.17. The lowest BCUT2D eigenvalue weighted by Crippen LogP contribution is -2.31. The van der Waals surface area contributed by atoms with Gasteiger partial charge in [0.15, 0.2) is 0 Å². The van der Waals surface area contributed by atoms with Gasteiger partial charge in [0, 0.05) is 28.1 Å². The summed E-state index contributed by atoms with van der Waals surface area (Å²) in [4.78, 5) is 64.8. The van der Waals surface area contributed by atoms with Crippen molar-refractivity contribution >= 4 is 58.8 Å². The molecule has 0 saturated carbocycles. The largest absolute Gasteiger partial charge is 0.478 e. The van der Waals surface area contributed by atoms with Gasteiger partial charge in [0.05, 0.1) is 16.5 Å². The third-order valence-corrected chi connectivity index (χ3v) is 7.76. The molecule has 220 valence electrons. The Balaban J connectivity index is 1.32. The van der Waals surface area contributed by atoms with E-state index >= 15 is 0 Å². The van der Waals surface area contributed by atoms with E-state index in [2.05, 4.69) is 10.6 Å². The minimum absolute atomic E-state index is 0.0316. The second kappa shape index (κ2) is 13.2. The van der Waals surface area contributed by atoms with E-state index in [1.54, 1.807) is 60.7 Å². The molecule has 0 aliphatic carbocycles. The molecule has 0 spiro atoms. The molecule has 4 aromatic carbocycles. The van der Waals surface area contributed by atoms with E-state index in [0.29, 0.717) is 16.1 Å².